The predicted octanol–water partition coefficient (Wildman–Crippen LogP) is 1.98. The summed E-state index contributed by atoms with van der Waals surface area (Å²) >= 11 is 5.99. The lowest BCUT2D eigenvalue weighted by molar-refractivity contribution is 0.0421. The molecular weight excluding hydrogens is 292 g/mol. The molecule has 1 N–H and O–H groups in total. The first-order valence-electron chi connectivity index (χ1n) is 7.17. The van der Waals surface area contributed by atoms with Gasteiger partial charge in [-0.25, -0.2) is 4.79 Å². The van der Waals surface area contributed by atoms with Gasteiger partial charge in [0.2, 0.25) is 0 Å². The maximum atomic E-state index is 12.6. The number of hydrogen-bond acceptors (Lipinski definition) is 3. The van der Waals surface area contributed by atoms with E-state index in [4.69, 9.17) is 21.4 Å². The molecule has 21 heavy (non-hydrogen) atoms. The first-order chi connectivity index (χ1) is 10.2. The standard InChI is InChI=1S/C15H21ClN2O3/c16-14-4-1-3-13(11-14)12-18(5-2-8-19)15(20)17-6-9-21-10-7-17/h1,3-4,11,19H,2,5-10,12H2. The van der Waals surface area contributed by atoms with Crippen molar-refractivity contribution < 1.29 is 14.6 Å². The van der Waals surface area contributed by atoms with Gasteiger partial charge in [0.25, 0.3) is 0 Å². The highest BCUT2D eigenvalue weighted by atomic mass is 35.5. The van der Waals surface area contributed by atoms with Crippen LogP contribution in [-0.4, -0.2) is 60.4 Å². The minimum Gasteiger partial charge on any atom is -0.396 e. The number of amides is 2. The van der Waals surface area contributed by atoms with Gasteiger partial charge >= 0.3 is 6.03 Å². The maximum Gasteiger partial charge on any atom is 0.320 e. The zero-order chi connectivity index (χ0) is 15.1. The van der Waals surface area contributed by atoms with E-state index in [-0.39, 0.29) is 12.6 Å². The largest absolute Gasteiger partial charge is 0.396 e. The molecule has 1 aromatic carbocycles. The van der Waals surface area contributed by atoms with E-state index in [9.17, 15) is 4.79 Å². The van der Waals surface area contributed by atoms with Crippen molar-refractivity contribution in [2.45, 2.75) is 13.0 Å². The van der Waals surface area contributed by atoms with Crippen LogP contribution in [0.3, 0.4) is 0 Å². The van der Waals surface area contributed by atoms with E-state index in [0.29, 0.717) is 50.8 Å². The normalized spacial score (nSPS) is 15.0. The highest BCUT2D eigenvalue weighted by molar-refractivity contribution is 6.30. The SMILES string of the molecule is O=C(N1CCOCC1)N(CCCO)Cc1cccc(Cl)c1. The van der Waals surface area contributed by atoms with Crippen LogP contribution in [0.2, 0.25) is 5.02 Å². The van der Waals surface area contributed by atoms with Crippen LogP contribution in [0.4, 0.5) is 4.79 Å². The molecule has 1 aliphatic heterocycles. The van der Waals surface area contributed by atoms with Gasteiger partial charge in [0.1, 0.15) is 0 Å². The molecule has 0 spiro atoms. The molecule has 2 rings (SSSR count). The van der Waals surface area contributed by atoms with Gasteiger partial charge in [-0.3, -0.25) is 0 Å². The number of aliphatic hydroxyl groups excluding tert-OH is 1. The van der Waals surface area contributed by atoms with Crippen molar-refractivity contribution >= 4 is 17.6 Å². The van der Waals surface area contributed by atoms with Crippen LogP contribution >= 0.6 is 11.6 Å². The fourth-order valence-electron chi connectivity index (χ4n) is 2.31. The number of aliphatic hydroxyl groups is 1. The van der Waals surface area contributed by atoms with E-state index < -0.39 is 0 Å². The van der Waals surface area contributed by atoms with Crippen molar-refractivity contribution in [3.05, 3.63) is 34.9 Å². The summed E-state index contributed by atoms with van der Waals surface area (Å²) in [6.07, 6.45) is 0.566. The Morgan fingerprint density at radius 3 is 2.81 bits per heavy atom. The van der Waals surface area contributed by atoms with Gasteiger partial charge in [-0.15, -0.1) is 0 Å². The van der Waals surface area contributed by atoms with Crippen LogP contribution in [0, 0.1) is 0 Å². The number of urea groups is 1. The van der Waals surface area contributed by atoms with Crippen molar-refractivity contribution in [1.82, 2.24) is 9.80 Å². The molecule has 0 aliphatic carbocycles. The summed E-state index contributed by atoms with van der Waals surface area (Å²) in [4.78, 5) is 16.1. The monoisotopic (exact) mass is 312 g/mol. The first-order valence-corrected chi connectivity index (χ1v) is 7.55. The lowest BCUT2D eigenvalue weighted by Crippen LogP contribution is -2.48. The Balaban J connectivity index is 2.03. The average Bonchev–Trinajstić information content (AvgIpc) is 2.51. The second-order valence-electron chi connectivity index (χ2n) is 5.01. The molecule has 0 unspecified atom stereocenters. The third kappa shape index (κ3) is 4.88. The van der Waals surface area contributed by atoms with Crippen molar-refractivity contribution in [3.8, 4) is 0 Å². The molecule has 5 nitrogen and oxygen atoms in total. The van der Waals surface area contributed by atoms with Crippen molar-refractivity contribution in [1.29, 1.82) is 0 Å². The van der Waals surface area contributed by atoms with Crippen LogP contribution in [0.5, 0.6) is 0 Å². The van der Waals surface area contributed by atoms with Gasteiger partial charge in [-0.05, 0) is 24.1 Å². The Kier molecular flexibility index (Phi) is 6.29. The third-order valence-electron chi connectivity index (χ3n) is 3.40. The van der Waals surface area contributed by atoms with Crippen LogP contribution in [0.25, 0.3) is 0 Å². The number of benzene rings is 1. The number of rotatable bonds is 5. The fourth-order valence-corrected chi connectivity index (χ4v) is 2.53. The minimum atomic E-state index is -0.00766. The second kappa shape index (κ2) is 8.22. The molecule has 1 fully saturated rings. The molecule has 0 saturated carbocycles. The van der Waals surface area contributed by atoms with E-state index in [1.165, 1.54) is 0 Å². The Morgan fingerprint density at radius 2 is 2.14 bits per heavy atom. The molecule has 0 aromatic heterocycles. The van der Waals surface area contributed by atoms with E-state index in [2.05, 4.69) is 0 Å². The van der Waals surface area contributed by atoms with Crippen LogP contribution in [0.15, 0.2) is 24.3 Å². The summed E-state index contributed by atoms with van der Waals surface area (Å²) in [7, 11) is 0. The molecule has 116 valence electrons. The van der Waals surface area contributed by atoms with Gasteiger partial charge in [0.15, 0.2) is 0 Å². The number of carbonyl (C=O) groups excluding carboxylic acids is 1. The van der Waals surface area contributed by atoms with Gasteiger partial charge < -0.3 is 19.6 Å². The molecule has 1 aromatic rings. The Bertz CT molecular complexity index is 464. The minimum absolute atomic E-state index is 0.00766. The number of carbonyl (C=O) groups is 1. The number of hydrogen-bond donors (Lipinski definition) is 1. The molecule has 0 atom stereocenters. The van der Waals surface area contributed by atoms with Gasteiger partial charge in [-0.2, -0.15) is 0 Å². The van der Waals surface area contributed by atoms with Crippen molar-refractivity contribution in [2.24, 2.45) is 0 Å². The highest BCUT2D eigenvalue weighted by Crippen LogP contribution is 2.14. The second-order valence-corrected chi connectivity index (χ2v) is 5.45. The lowest BCUT2D eigenvalue weighted by atomic mass is 10.2. The number of ether oxygens (including phenoxy) is 1. The van der Waals surface area contributed by atoms with Gasteiger partial charge in [0.05, 0.1) is 13.2 Å². The number of nitrogens with zero attached hydrogens (tertiary/aromatic N) is 2. The molecule has 0 radical (unpaired) electrons. The van der Waals surface area contributed by atoms with Gasteiger partial charge in [0, 0.05) is 37.8 Å². The van der Waals surface area contributed by atoms with E-state index in [1.807, 2.05) is 24.3 Å². The summed E-state index contributed by atoms with van der Waals surface area (Å²) in [5, 5.41) is 9.69. The molecule has 0 bridgehead atoms. The molecule has 2 amide bonds. The first kappa shape index (κ1) is 16.1. The van der Waals surface area contributed by atoms with E-state index in [1.54, 1.807) is 9.80 Å². The number of morpholine rings is 1. The van der Waals surface area contributed by atoms with E-state index >= 15 is 0 Å². The van der Waals surface area contributed by atoms with Crippen molar-refractivity contribution in [3.63, 3.8) is 0 Å². The predicted molar refractivity (Wildman–Crippen MR) is 81.4 cm³/mol. The Labute approximate surface area is 130 Å². The molecular formula is C15H21ClN2O3. The third-order valence-corrected chi connectivity index (χ3v) is 3.64. The smallest absolute Gasteiger partial charge is 0.320 e. The summed E-state index contributed by atoms with van der Waals surface area (Å²) in [5.41, 5.74) is 0.988. The molecule has 1 aliphatic rings. The van der Waals surface area contributed by atoms with Gasteiger partial charge in [-0.1, -0.05) is 23.7 Å². The Hall–Kier alpha value is -1.30. The maximum absolute atomic E-state index is 12.6. The zero-order valence-corrected chi connectivity index (χ0v) is 12.8. The van der Waals surface area contributed by atoms with Crippen LogP contribution in [0.1, 0.15) is 12.0 Å². The fraction of sp³-hybridized carbons (Fsp3) is 0.533. The lowest BCUT2D eigenvalue weighted by Gasteiger charge is -2.33. The zero-order valence-electron chi connectivity index (χ0n) is 12.0. The highest BCUT2D eigenvalue weighted by Gasteiger charge is 2.22. The average molecular weight is 313 g/mol. The summed E-state index contributed by atoms with van der Waals surface area (Å²) in [6.45, 7) is 3.49. The van der Waals surface area contributed by atoms with Crippen LogP contribution < -0.4 is 0 Å². The summed E-state index contributed by atoms with van der Waals surface area (Å²) in [6, 6.07) is 7.49. The van der Waals surface area contributed by atoms with E-state index in [0.717, 1.165) is 5.56 Å². The Morgan fingerprint density at radius 1 is 1.38 bits per heavy atom. The van der Waals surface area contributed by atoms with Crippen molar-refractivity contribution in [2.75, 3.05) is 39.5 Å². The summed E-state index contributed by atoms with van der Waals surface area (Å²) < 4.78 is 5.27. The molecule has 6 heteroatoms. The van der Waals surface area contributed by atoms with Crippen LogP contribution in [-0.2, 0) is 11.3 Å². The number of halogens is 1. The summed E-state index contributed by atoms with van der Waals surface area (Å²) in [5.74, 6) is 0. The quantitative estimate of drug-likeness (QED) is 0.904. The molecule has 1 heterocycles. The molecule has 1 saturated heterocycles. The topological polar surface area (TPSA) is 53.0 Å².